The number of aromatic nitrogens is 5. The van der Waals surface area contributed by atoms with Crippen molar-refractivity contribution >= 4 is 11.6 Å². The van der Waals surface area contributed by atoms with E-state index < -0.39 is 5.91 Å². The minimum Gasteiger partial charge on any atom is -0.439 e. The van der Waals surface area contributed by atoms with E-state index in [0.29, 0.717) is 55.1 Å². The highest BCUT2D eigenvalue weighted by atomic mass is 16.5. The summed E-state index contributed by atoms with van der Waals surface area (Å²) in [6.07, 6.45) is 6.66. The van der Waals surface area contributed by atoms with E-state index in [2.05, 4.69) is 25.4 Å². The normalized spacial score (nSPS) is 10.7. The van der Waals surface area contributed by atoms with Crippen LogP contribution in [0, 0.1) is 0 Å². The summed E-state index contributed by atoms with van der Waals surface area (Å²) in [4.78, 5) is 25.7. The SMILES string of the molecule is COCCOCCn1cc(NC(=O)c2cccc(Oc3ccncc3)n2)c(-c2ccccn2)n1. The Morgan fingerprint density at radius 2 is 1.88 bits per heavy atom. The van der Waals surface area contributed by atoms with Gasteiger partial charge in [-0.05, 0) is 30.3 Å². The molecule has 0 aliphatic rings. The summed E-state index contributed by atoms with van der Waals surface area (Å²) in [7, 11) is 1.63. The van der Waals surface area contributed by atoms with Crippen molar-refractivity contribution in [1.82, 2.24) is 24.7 Å². The third-order valence-corrected chi connectivity index (χ3v) is 4.64. The van der Waals surface area contributed by atoms with Crippen LogP contribution in [0.3, 0.4) is 0 Å². The number of carbonyl (C=O) groups excluding carboxylic acids is 1. The van der Waals surface area contributed by atoms with Crippen LogP contribution in [-0.4, -0.2) is 57.6 Å². The molecule has 4 rings (SSSR count). The average Bonchev–Trinajstić information content (AvgIpc) is 3.27. The number of nitrogens with zero attached hydrogens (tertiary/aromatic N) is 5. The Labute approximate surface area is 196 Å². The Kier molecular flexibility index (Phi) is 7.88. The minimum absolute atomic E-state index is 0.203. The molecule has 1 amide bonds. The van der Waals surface area contributed by atoms with Crippen molar-refractivity contribution in [2.75, 3.05) is 32.2 Å². The van der Waals surface area contributed by atoms with Gasteiger partial charge in [-0.3, -0.25) is 19.4 Å². The molecule has 0 atom stereocenters. The molecule has 0 radical (unpaired) electrons. The van der Waals surface area contributed by atoms with Crippen molar-refractivity contribution in [1.29, 1.82) is 0 Å². The summed E-state index contributed by atoms with van der Waals surface area (Å²) in [6.45, 7) is 1.98. The maximum atomic E-state index is 13.0. The fraction of sp³-hybridized carbons (Fsp3) is 0.208. The zero-order valence-electron chi connectivity index (χ0n) is 18.6. The van der Waals surface area contributed by atoms with Crippen LogP contribution in [0.1, 0.15) is 10.5 Å². The van der Waals surface area contributed by atoms with E-state index in [1.54, 1.807) is 66.9 Å². The quantitative estimate of drug-likeness (QED) is 0.339. The van der Waals surface area contributed by atoms with E-state index in [9.17, 15) is 4.79 Å². The van der Waals surface area contributed by atoms with Crippen molar-refractivity contribution in [3.8, 4) is 23.0 Å². The molecule has 0 unspecified atom stereocenters. The number of pyridine rings is 3. The van der Waals surface area contributed by atoms with Crippen molar-refractivity contribution in [3.63, 3.8) is 0 Å². The molecule has 174 valence electrons. The van der Waals surface area contributed by atoms with Gasteiger partial charge in [0.05, 0.1) is 37.7 Å². The lowest BCUT2D eigenvalue weighted by Gasteiger charge is -2.07. The molecule has 4 aromatic rings. The second kappa shape index (κ2) is 11.6. The number of methoxy groups -OCH3 is 1. The number of carbonyl (C=O) groups is 1. The van der Waals surface area contributed by atoms with E-state index in [1.165, 1.54) is 0 Å². The molecule has 34 heavy (non-hydrogen) atoms. The van der Waals surface area contributed by atoms with Gasteiger partial charge in [0.15, 0.2) is 0 Å². The first-order valence-electron chi connectivity index (χ1n) is 10.6. The third kappa shape index (κ3) is 6.21. The summed E-state index contributed by atoms with van der Waals surface area (Å²) in [5.74, 6) is 0.479. The Balaban J connectivity index is 1.50. The van der Waals surface area contributed by atoms with Crippen LogP contribution in [-0.2, 0) is 16.0 Å². The summed E-state index contributed by atoms with van der Waals surface area (Å²) < 4.78 is 17.9. The lowest BCUT2D eigenvalue weighted by Crippen LogP contribution is -2.14. The Morgan fingerprint density at radius 3 is 2.68 bits per heavy atom. The van der Waals surface area contributed by atoms with Crippen LogP contribution in [0.5, 0.6) is 11.6 Å². The second-order valence-electron chi connectivity index (χ2n) is 7.07. The summed E-state index contributed by atoms with van der Waals surface area (Å²) in [5.41, 5.74) is 1.91. The van der Waals surface area contributed by atoms with Gasteiger partial charge in [-0.2, -0.15) is 5.10 Å². The van der Waals surface area contributed by atoms with E-state index in [4.69, 9.17) is 14.2 Å². The number of rotatable bonds is 11. The highest BCUT2D eigenvalue weighted by Gasteiger charge is 2.17. The predicted molar refractivity (Wildman–Crippen MR) is 125 cm³/mol. The number of hydrogen-bond acceptors (Lipinski definition) is 8. The van der Waals surface area contributed by atoms with Crippen molar-refractivity contribution < 1.29 is 19.0 Å². The van der Waals surface area contributed by atoms with Crippen LogP contribution in [0.2, 0.25) is 0 Å². The molecule has 0 aliphatic carbocycles. The van der Waals surface area contributed by atoms with Gasteiger partial charge in [-0.15, -0.1) is 0 Å². The first-order chi connectivity index (χ1) is 16.7. The van der Waals surface area contributed by atoms with Gasteiger partial charge in [-0.1, -0.05) is 12.1 Å². The first-order valence-corrected chi connectivity index (χ1v) is 10.6. The molecule has 0 saturated carbocycles. The molecule has 0 spiro atoms. The zero-order valence-corrected chi connectivity index (χ0v) is 18.6. The van der Waals surface area contributed by atoms with E-state index in [0.717, 1.165) is 0 Å². The molecular weight excluding hydrogens is 436 g/mol. The van der Waals surface area contributed by atoms with Crippen molar-refractivity contribution in [3.05, 3.63) is 79.0 Å². The van der Waals surface area contributed by atoms with Crippen molar-refractivity contribution in [2.24, 2.45) is 0 Å². The van der Waals surface area contributed by atoms with Crippen LogP contribution in [0.25, 0.3) is 11.4 Å². The Hall–Kier alpha value is -4.15. The third-order valence-electron chi connectivity index (χ3n) is 4.64. The van der Waals surface area contributed by atoms with E-state index in [-0.39, 0.29) is 5.69 Å². The Bertz CT molecular complexity index is 1200. The molecule has 0 aromatic carbocycles. The molecule has 1 N–H and O–H groups in total. The second-order valence-corrected chi connectivity index (χ2v) is 7.07. The highest BCUT2D eigenvalue weighted by molar-refractivity contribution is 6.04. The largest absolute Gasteiger partial charge is 0.439 e. The average molecular weight is 460 g/mol. The van der Waals surface area contributed by atoms with Gasteiger partial charge in [0, 0.05) is 38.0 Å². The Morgan fingerprint density at radius 1 is 1.00 bits per heavy atom. The number of nitrogens with one attached hydrogen (secondary N) is 1. The molecule has 0 bridgehead atoms. The topological polar surface area (TPSA) is 113 Å². The summed E-state index contributed by atoms with van der Waals surface area (Å²) in [6, 6.07) is 13.9. The van der Waals surface area contributed by atoms with Gasteiger partial charge in [-0.25, -0.2) is 4.98 Å². The maximum absolute atomic E-state index is 13.0. The monoisotopic (exact) mass is 460 g/mol. The molecule has 10 heteroatoms. The van der Waals surface area contributed by atoms with Gasteiger partial charge in [0.25, 0.3) is 5.91 Å². The molecule has 10 nitrogen and oxygen atoms in total. The van der Waals surface area contributed by atoms with E-state index >= 15 is 0 Å². The van der Waals surface area contributed by atoms with Crippen LogP contribution in [0.15, 0.2) is 73.3 Å². The highest BCUT2D eigenvalue weighted by Crippen LogP contribution is 2.25. The molecule has 4 heterocycles. The molecule has 4 aromatic heterocycles. The predicted octanol–water partition coefficient (Wildman–Crippen LogP) is 3.44. The van der Waals surface area contributed by atoms with Crippen LogP contribution < -0.4 is 10.1 Å². The fourth-order valence-electron chi connectivity index (χ4n) is 3.03. The number of anilines is 1. The molecular formula is C24H24N6O4. The lowest BCUT2D eigenvalue weighted by molar-refractivity contribution is 0.0654. The van der Waals surface area contributed by atoms with E-state index in [1.807, 2.05) is 18.2 Å². The molecule has 0 saturated heterocycles. The minimum atomic E-state index is -0.395. The van der Waals surface area contributed by atoms with Gasteiger partial charge >= 0.3 is 0 Å². The standard InChI is InChI=1S/C24H24N6O4/c1-32-15-16-33-14-13-30-17-21(23(29-30)19-5-2-3-10-26-19)28-24(31)20-6-4-7-22(27-20)34-18-8-11-25-12-9-18/h2-12,17H,13-16H2,1H3,(H,28,31). The zero-order chi connectivity index (χ0) is 23.6. The number of hydrogen-bond donors (Lipinski definition) is 1. The molecule has 0 fully saturated rings. The smallest absolute Gasteiger partial charge is 0.274 e. The van der Waals surface area contributed by atoms with Gasteiger partial charge < -0.3 is 19.5 Å². The summed E-state index contributed by atoms with van der Waals surface area (Å²) in [5, 5.41) is 7.49. The van der Waals surface area contributed by atoms with Gasteiger partial charge in [0.1, 0.15) is 17.1 Å². The fourth-order valence-corrected chi connectivity index (χ4v) is 3.03. The van der Waals surface area contributed by atoms with Crippen LogP contribution >= 0.6 is 0 Å². The van der Waals surface area contributed by atoms with Gasteiger partial charge in [0.2, 0.25) is 5.88 Å². The molecule has 0 aliphatic heterocycles. The lowest BCUT2D eigenvalue weighted by atomic mass is 10.2. The summed E-state index contributed by atoms with van der Waals surface area (Å²) >= 11 is 0. The number of amides is 1. The van der Waals surface area contributed by atoms with Crippen molar-refractivity contribution in [2.45, 2.75) is 6.54 Å². The van der Waals surface area contributed by atoms with Crippen LogP contribution in [0.4, 0.5) is 5.69 Å². The maximum Gasteiger partial charge on any atom is 0.274 e. The number of ether oxygens (including phenoxy) is 3. The first kappa shape index (κ1) is 23.0.